The number of hydrogen-bond donors (Lipinski definition) is 0. The van der Waals surface area contributed by atoms with Crippen LogP contribution < -0.4 is 0 Å². The van der Waals surface area contributed by atoms with E-state index < -0.39 is 11.0 Å². The van der Waals surface area contributed by atoms with Crippen LogP contribution in [0, 0.1) is 6.92 Å². The first-order chi connectivity index (χ1) is 16.0. The van der Waals surface area contributed by atoms with E-state index >= 15 is 0 Å². The Bertz CT molecular complexity index is 1000. The summed E-state index contributed by atoms with van der Waals surface area (Å²) >= 11 is 0. The molecule has 3 fully saturated rings. The maximum absolute atomic E-state index is 14.0. The number of carbonyl (C=O) groups is 2. The zero-order valence-corrected chi connectivity index (χ0v) is 19.3. The number of benzene rings is 2. The van der Waals surface area contributed by atoms with Gasteiger partial charge in [0.2, 0.25) is 11.8 Å². The highest BCUT2D eigenvalue weighted by Gasteiger charge is 2.51. The predicted molar refractivity (Wildman–Crippen MR) is 125 cm³/mol. The van der Waals surface area contributed by atoms with Gasteiger partial charge in [-0.25, -0.2) is 0 Å². The zero-order chi connectivity index (χ0) is 22.9. The lowest BCUT2D eigenvalue weighted by atomic mass is 9.73. The monoisotopic (exact) mass is 448 g/mol. The molecule has 6 heteroatoms. The van der Waals surface area contributed by atoms with Crippen molar-refractivity contribution >= 4 is 11.8 Å². The largest absolute Gasteiger partial charge is 0.381 e. The van der Waals surface area contributed by atoms with E-state index in [0.29, 0.717) is 52.2 Å². The van der Waals surface area contributed by atoms with Crippen molar-refractivity contribution in [3.63, 3.8) is 0 Å². The molecule has 3 aliphatic heterocycles. The third kappa shape index (κ3) is 4.30. The number of ether oxygens (including phenoxy) is 2. The summed E-state index contributed by atoms with van der Waals surface area (Å²) in [5, 5.41) is 0. The molecule has 3 saturated heterocycles. The van der Waals surface area contributed by atoms with Crippen LogP contribution in [0.15, 0.2) is 54.6 Å². The topological polar surface area (TPSA) is 59.1 Å². The maximum Gasteiger partial charge on any atom is 0.249 e. The van der Waals surface area contributed by atoms with E-state index in [0.717, 1.165) is 17.5 Å². The van der Waals surface area contributed by atoms with Gasteiger partial charge in [-0.15, -0.1) is 0 Å². The van der Waals surface area contributed by atoms with Crippen molar-refractivity contribution in [2.75, 3.05) is 39.5 Å². The Morgan fingerprint density at radius 2 is 1.70 bits per heavy atom. The molecular formula is C27H32N2O4. The molecule has 33 heavy (non-hydrogen) atoms. The molecule has 0 radical (unpaired) electrons. The highest BCUT2D eigenvalue weighted by molar-refractivity contribution is 5.89. The van der Waals surface area contributed by atoms with Crippen LogP contribution >= 0.6 is 0 Å². The number of rotatable bonds is 4. The molecule has 3 heterocycles. The Balaban J connectivity index is 1.34. The summed E-state index contributed by atoms with van der Waals surface area (Å²) in [6.45, 7) is 5.60. The van der Waals surface area contributed by atoms with Gasteiger partial charge in [0.1, 0.15) is 12.2 Å². The summed E-state index contributed by atoms with van der Waals surface area (Å²) in [5.41, 5.74) is 2.33. The number of morpholine rings is 1. The van der Waals surface area contributed by atoms with Crippen molar-refractivity contribution < 1.29 is 19.1 Å². The van der Waals surface area contributed by atoms with Crippen LogP contribution in [0.3, 0.4) is 0 Å². The van der Waals surface area contributed by atoms with E-state index in [9.17, 15) is 9.59 Å². The molecule has 1 atom stereocenters. The SMILES string of the molecule is Cc1ccc(C2(C(=O)N3CC[C@]4(CN(Cc5ccccc5)C(=O)CO4)C3)CCOCC2)cc1. The van der Waals surface area contributed by atoms with Gasteiger partial charge in [-0.05, 0) is 37.3 Å². The fourth-order valence-corrected chi connectivity index (χ4v) is 5.52. The predicted octanol–water partition coefficient (Wildman–Crippen LogP) is 3.07. The van der Waals surface area contributed by atoms with E-state index in [1.54, 1.807) is 0 Å². The van der Waals surface area contributed by atoms with Crippen molar-refractivity contribution in [1.29, 1.82) is 0 Å². The summed E-state index contributed by atoms with van der Waals surface area (Å²) in [6.07, 6.45) is 2.13. The molecule has 174 valence electrons. The number of aryl methyl sites for hydroxylation is 1. The molecule has 0 bridgehead atoms. The Morgan fingerprint density at radius 1 is 0.970 bits per heavy atom. The number of nitrogens with zero attached hydrogens (tertiary/aromatic N) is 2. The number of carbonyl (C=O) groups excluding carboxylic acids is 2. The van der Waals surface area contributed by atoms with E-state index in [-0.39, 0.29) is 18.4 Å². The van der Waals surface area contributed by atoms with Crippen molar-refractivity contribution in [2.45, 2.75) is 43.7 Å². The molecule has 0 aromatic heterocycles. The van der Waals surface area contributed by atoms with Crippen LogP contribution in [0.5, 0.6) is 0 Å². The molecule has 0 N–H and O–H groups in total. The Labute approximate surface area is 195 Å². The smallest absolute Gasteiger partial charge is 0.249 e. The Kier molecular flexibility index (Phi) is 5.97. The maximum atomic E-state index is 14.0. The molecule has 3 aliphatic rings. The third-order valence-corrected chi connectivity index (χ3v) is 7.51. The minimum Gasteiger partial charge on any atom is -0.381 e. The molecule has 5 rings (SSSR count). The van der Waals surface area contributed by atoms with Crippen LogP contribution in [0.4, 0.5) is 0 Å². The highest BCUT2D eigenvalue weighted by atomic mass is 16.5. The minimum atomic E-state index is -0.550. The summed E-state index contributed by atoms with van der Waals surface area (Å²) in [6, 6.07) is 18.4. The number of likely N-dealkylation sites (tertiary alicyclic amines) is 1. The first-order valence-electron chi connectivity index (χ1n) is 11.9. The van der Waals surface area contributed by atoms with Crippen LogP contribution in [0.2, 0.25) is 0 Å². The van der Waals surface area contributed by atoms with E-state index in [1.807, 2.05) is 40.1 Å². The molecular weight excluding hydrogens is 416 g/mol. The standard InChI is InChI=1S/C27H32N2O4/c1-21-7-9-23(10-8-21)27(12-15-32-16-13-27)25(31)28-14-11-26(19-28)20-29(24(30)18-33-26)17-22-5-3-2-4-6-22/h2-10H,11-20H2,1H3/t26-/m1/s1. The van der Waals surface area contributed by atoms with Gasteiger partial charge in [-0.2, -0.15) is 0 Å². The van der Waals surface area contributed by atoms with Gasteiger partial charge >= 0.3 is 0 Å². The second-order valence-corrected chi connectivity index (χ2v) is 9.74. The van der Waals surface area contributed by atoms with E-state index in [1.165, 1.54) is 5.56 Å². The molecule has 1 spiro atoms. The van der Waals surface area contributed by atoms with Crippen molar-refractivity contribution in [2.24, 2.45) is 0 Å². The van der Waals surface area contributed by atoms with Crippen molar-refractivity contribution in [3.8, 4) is 0 Å². The van der Waals surface area contributed by atoms with Crippen LogP contribution in [0.1, 0.15) is 36.0 Å². The normalized spacial score (nSPS) is 24.9. The fourth-order valence-electron chi connectivity index (χ4n) is 5.52. The Morgan fingerprint density at radius 3 is 2.42 bits per heavy atom. The average Bonchev–Trinajstić information content (AvgIpc) is 3.26. The molecule has 6 nitrogen and oxygen atoms in total. The Hall–Kier alpha value is -2.70. The van der Waals surface area contributed by atoms with Crippen LogP contribution in [-0.2, 0) is 31.0 Å². The van der Waals surface area contributed by atoms with Gasteiger partial charge in [0.25, 0.3) is 0 Å². The quantitative estimate of drug-likeness (QED) is 0.721. The zero-order valence-electron chi connectivity index (χ0n) is 19.3. The van der Waals surface area contributed by atoms with Gasteiger partial charge in [-0.1, -0.05) is 60.2 Å². The lowest BCUT2D eigenvalue weighted by Crippen LogP contribution is -2.56. The van der Waals surface area contributed by atoms with Gasteiger partial charge < -0.3 is 19.3 Å². The molecule has 0 unspecified atom stereocenters. The van der Waals surface area contributed by atoms with Crippen LogP contribution in [0.25, 0.3) is 0 Å². The highest BCUT2D eigenvalue weighted by Crippen LogP contribution is 2.40. The van der Waals surface area contributed by atoms with Gasteiger partial charge in [0.05, 0.1) is 18.5 Å². The first kappa shape index (κ1) is 22.1. The molecule has 2 amide bonds. The summed E-state index contributed by atoms with van der Waals surface area (Å²) in [7, 11) is 0. The second kappa shape index (κ2) is 8.92. The van der Waals surface area contributed by atoms with Crippen molar-refractivity contribution in [1.82, 2.24) is 9.80 Å². The summed E-state index contributed by atoms with van der Waals surface area (Å²) < 4.78 is 11.8. The molecule has 2 aromatic rings. The first-order valence-corrected chi connectivity index (χ1v) is 11.9. The van der Waals surface area contributed by atoms with E-state index in [4.69, 9.17) is 9.47 Å². The van der Waals surface area contributed by atoms with Crippen molar-refractivity contribution in [3.05, 3.63) is 71.3 Å². The molecule has 0 saturated carbocycles. The lowest BCUT2D eigenvalue weighted by molar-refractivity contribution is -0.164. The average molecular weight is 449 g/mol. The van der Waals surface area contributed by atoms with Gasteiger partial charge in [0.15, 0.2) is 0 Å². The fraction of sp³-hybridized carbons (Fsp3) is 0.481. The van der Waals surface area contributed by atoms with Crippen LogP contribution in [-0.4, -0.2) is 66.7 Å². The van der Waals surface area contributed by atoms with Gasteiger partial charge in [0, 0.05) is 26.3 Å². The number of amides is 2. The molecule has 0 aliphatic carbocycles. The second-order valence-electron chi connectivity index (χ2n) is 9.74. The summed E-state index contributed by atoms with van der Waals surface area (Å²) in [5.74, 6) is 0.177. The van der Waals surface area contributed by atoms with E-state index in [2.05, 4.69) is 31.2 Å². The number of hydrogen-bond acceptors (Lipinski definition) is 4. The third-order valence-electron chi connectivity index (χ3n) is 7.51. The summed E-state index contributed by atoms with van der Waals surface area (Å²) in [4.78, 5) is 30.4. The molecule has 2 aromatic carbocycles. The van der Waals surface area contributed by atoms with Gasteiger partial charge in [-0.3, -0.25) is 9.59 Å². The minimum absolute atomic E-state index is 0.00908. The lowest BCUT2D eigenvalue weighted by Gasteiger charge is -2.42.